The van der Waals surface area contributed by atoms with Gasteiger partial charge in [-0.1, -0.05) is 42.5 Å². The van der Waals surface area contributed by atoms with Gasteiger partial charge in [0, 0.05) is 17.4 Å². The normalized spacial score (nSPS) is 11.5. The first-order valence-electron chi connectivity index (χ1n) is 9.24. The molecule has 0 fully saturated rings. The highest BCUT2D eigenvalue weighted by Gasteiger charge is 2.31. The lowest BCUT2D eigenvalue weighted by atomic mass is 10.1. The van der Waals surface area contributed by atoms with Crippen LogP contribution in [0.15, 0.2) is 79.0 Å². The third-order valence-corrected chi connectivity index (χ3v) is 4.81. The van der Waals surface area contributed by atoms with E-state index in [1.807, 2.05) is 0 Å². The van der Waals surface area contributed by atoms with Crippen LogP contribution in [-0.2, 0) is 6.18 Å². The predicted octanol–water partition coefficient (Wildman–Crippen LogP) is 5.02. The van der Waals surface area contributed by atoms with Gasteiger partial charge in [0.25, 0.3) is 5.91 Å². The molecule has 4 rings (SSSR count). The fraction of sp³-hybridized carbons (Fsp3) is 0.0435. The monoisotopic (exact) mass is 423 g/mol. The second-order valence-electron chi connectivity index (χ2n) is 6.82. The summed E-state index contributed by atoms with van der Waals surface area (Å²) in [5.41, 5.74) is 6.12. The fourth-order valence-electron chi connectivity index (χ4n) is 3.39. The summed E-state index contributed by atoms with van der Waals surface area (Å²) in [7, 11) is 0. The Hall–Kier alpha value is -4.07. The largest absolute Gasteiger partial charge is 0.416 e. The van der Waals surface area contributed by atoms with Crippen LogP contribution in [0.2, 0.25) is 0 Å². The Kier molecular flexibility index (Phi) is 4.98. The highest BCUT2D eigenvalue weighted by atomic mass is 19.4. The predicted molar refractivity (Wildman–Crippen MR) is 111 cm³/mol. The van der Waals surface area contributed by atoms with Gasteiger partial charge in [0.1, 0.15) is 5.69 Å². The highest BCUT2D eigenvalue weighted by Crippen LogP contribution is 2.32. The summed E-state index contributed by atoms with van der Waals surface area (Å²) in [4.78, 5) is 26.1. The van der Waals surface area contributed by atoms with Gasteiger partial charge in [-0.2, -0.15) is 13.2 Å². The standard InChI is InChI=1S/C23H16F3N3O2/c24-23(25,26)15-9-6-10-16(13-15)28-22(31)18-17-11-4-5-12-29(17)20(19(18)27)21(30)14-7-2-1-3-8-14/h1-13H,27H2,(H,28,31). The molecule has 31 heavy (non-hydrogen) atoms. The molecule has 0 aliphatic rings. The van der Waals surface area contributed by atoms with Crippen molar-refractivity contribution in [3.63, 3.8) is 0 Å². The average Bonchev–Trinajstić information content (AvgIpc) is 3.05. The molecule has 0 saturated heterocycles. The number of fused-ring (bicyclic) bond motifs is 1. The number of nitrogens with one attached hydrogen (secondary N) is 1. The maximum atomic E-state index is 13.1. The van der Waals surface area contributed by atoms with Crippen LogP contribution in [-0.4, -0.2) is 16.1 Å². The molecule has 2 heterocycles. The Morgan fingerprint density at radius 2 is 1.61 bits per heavy atom. The van der Waals surface area contributed by atoms with Crippen molar-refractivity contribution in [2.75, 3.05) is 11.1 Å². The molecule has 2 aromatic carbocycles. The zero-order chi connectivity index (χ0) is 22.2. The van der Waals surface area contributed by atoms with Crippen LogP contribution < -0.4 is 11.1 Å². The second kappa shape index (κ2) is 7.64. The van der Waals surface area contributed by atoms with Crippen molar-refractivity contribution in [3.8, 4) is 0 Å². The molecule has 0 spiro atoms. The van der Waals surface area contributed by atoms with E-state index in [0.717, 1.165) is 12.1 Å². The van der Waals surface area contributed by atoms with Gasteiger partial charge in [-0.3, -0.25) is 9.59 Å². The molecule has 0 atom stereocenters. The van der Waals surface area contributed by atoms with E-state index in [4.69, 9.17) is 5.73 Å². The van der Waals surface area contributed by atoms with E-state index >= 15 is 0 Å². The number of nitrogens with zero attached hydrogens (tertiary/aromatic N) is 1. The average molecular weight is 423 g/mol. The van der Waals surface area contributed by atoms with Crippen LogP contribution in [0.3, 0.4) is 0 Å². The number of benzene rings is 2. The Morgan fingerprint density at radius 1 is 0.903 bits per heavy atom. The van der Waals surface area contributed by atoms with Crippen LogP contribution in [0.1, 0.15) is 32.0 Å². The molecule has 156 valence electrons. The van der Waals surface area contributed by atoms with E-state index in [-0.39, 0.29) is 28.4 Å². The molecule has 0 saturated carbocycles. The molecule has 4 aromatic rings. The Labute approximate surface area is 174 Å². The minimum absolute atomic E-state index is 0.0114. The maximum Gasteiger partial charge on any atom is 0.416 e. The molecule has 1 amide bonds. The first-order chi connectivity index (χ1) is 14.8. The summed E-state index contributed by atoms with van der Waals surface area (Å²) in [5.74, 6) is -1.09. The van der Waals surface area contributed by atoms with Crippen molar-refractivity contribution in [3.05, 3.63) is 101 Å². The third kappa shape index (κ3) is 3.75. The van der Waals surface area contributed by atoms with Gasteiger partial charge in [0.2, 0.25) is 5.78 Å². The summed E-state index contributed by atoms with van der Waals surface area (Å²) in [6, 6.07) is 17.7. The van der Waals surface area contributed by atoms with Crippen LogP contribution >= 0.6 is 0 Å². The SMILES string of the molecule is Nc1c(C(=O)Nc2cccc(C(F)(F)F)c2)c2ccccn2c1C(=O)c1ccccc1. The molecule has 0 aliphatic heterocycles. The minimum atomic E-state index is -4.54. The molecule has 0 radical (unpaired) electrons. The van der Waals surface area contributed by atoms with Crippen molar-refractivity contribution in [1.82, 2.24) is 4.40 Å². The van der Waals surface area contributed by atoms with Gasteiger partial charge in [-0.05, 0) is 30.3 Å². The zero-order valence-electron chi connectivity index (χ0n) is 16.0. The number of halogens is 3. The van der Waals surface area contributed by atoms with Gasteiger partial charge in [0.05, 0.1) is 22.3 Å². The van der Waals surface area contributed by atoms with Crippen LogP contribution in [0.25, 0.3) is 5.52 Å². The Morgan fingerprint density at radius 3 is 2.32 bits per heavy atom. The van der Waals surface area contributed by atoms with Crippen molar-refractivity contribution in [2.24, 2.45) is 0 Å². The number of nitrogens with two attached hydrogens (primary N) is 1. The maximum absolute atomic E-state index is 13.1. The highest BCUT2D eigenvalue weighted by molar-refractivity contribution is 6.20. The smallest absolute Gasteiger partial charge is 0.396 e. The fourth-order valence-corrected chi connectivity index (χ4v) is 3.39. The number of alkyl halides is 3. The van der Waals surface area contributed by atoms with Crippen molar-refractivity contribution in [1.29, 1.82) is 0 Å². The van der Waals surface area contributed by atoms with E-state index in [1.165, 1.54) is 16.5 Å². The van der Waals surface area contributed by atoms with Gasteiger partial charge < -0.3 is 15.5 Å². The first-order valence-corrected chi connectivity index (χ1v) is 9.24. The van der Waals surface area contributed by atoms with Crippen LogP contribution in [0.5, 0.6) is 0 Å². The number of anilines is 2. The van der Waals surface area contributed by atoms with E-state index < -0.39 is 17.6 Å². The number of pyridine rings is 1. The van der Waals surface area contributed by atoms with E-state index in [1.54, 1.807) is 54.7 Å². The lowest BCUT2D eigenvalue weighted by Crippen LogP contribution is -2.15. The Balaban J connectivity index is 1.78. The van der Waals surface area contributed by atoms with E-state index in [2.05, 4.69) is 5.32 Å². The molecular formula is C23H16F3N3O2. The number of hydrogen-bond donors (Lipinski definition) is 2. The topological polar surface area (TPSA) is 76.6 Å². The van der Waals surface area contributed by atoms with Gasteiger partial charge >= 0.3 is 6.18 Å². The molecular weight excluding hydrogens is 407 g/mol. The summed E-state index contributed by atoms with van der Waals surface area (Å²) < 4.78 is 40.4. The van der Waals surface area contributed by atoms with Crippen molar-refractivity contribution >= 4 is 28.6 Å². The van der Waals surface area contributed by atoms with E-state index in [9.17, 15) is 22.8 Å². The summed E-state index contributed by atoms with van der Waals surface area (Å²) >= 11 is 0. The first kappa shape index (κ1) is 20.2. The number of rotatable bonds is 4. The zero-order valence-corrected chi connectivity index (χ0v) is 16.0. The number of hydrogen-bond acceptors (Lipinski definition) is 3. The quantitative estimate of drug-likeness (QED) is 0.453. The van der Waals surface area contributed by atoms with Gasteiger partial charge in [-0.15, -0.1) is 0 Å². The number of carbonyl (C=O) groups excluding carboxylic acids is 2. The number of aromatic nitrogens is 1. The second-order valence-corrected chi connectivity index (χ2v) is 6.82. The number of nitrogen functional groups attached to an aromatic ring is 1. The van der Waals surface area contributed by atoms with Crippen LogP contribution in [0, 0.1) is 0 Å². The molecule has 8 heteroatoms. The van der Waals surface area contributed by atoms with Crippen LogP contribution in [0.4, 0.5) is 24.5 Å². The number of carbonyl (C=O) groups is 2. The summed E-state index contributed by atoms with van der Waals surface area (Å²) in [6.45, 7) is 0. The number of amides is 1. The number of ketones is 1. The molecule has 3 N–H and O–H groups in total. The molecule has 0 bridgehead atoms. The molecule has 0 aliphatic carbocycles. The van der Waals surface area contributed by atoms with Crippen molar-refractivity contribution < 1.29 is 22.8 Å². The van der Waals surface area contributed by atoms with E-state index in [0.29, 0.717) is 11.1 Å². The minimum Gasteiger partial charge on any atom is -0.396 e. The van der Waals surface area contributed by atoms with Crippen molar-refractivity contribution in [2.45, 2.75) is 6.18 Å². The van der Waals surface area contributed by atoms with Gasteiger partial charge in [0.15, 0.2) is 0 Å². The summed E-state index contributed by atoms with van der Waals surface area (Å²) in [6.07, 6.45) is -2.94. The third-order valence-electron chi connectivity index (χ3n) is 4.81. The van der Waals surface area contributed by atoms with Gasteiger partial charge in [-0.25, -0.2) is 0 Å². The molecule has 5 nitrogen and oxygen atoms in total. The Bertz CT molecular complexity index is 1290. The molecule has 0 unspecified atom stereocenters. The lowest BCUT2D eigenvalue weighted by Gasteiger charge is -2.10. The lowest BCUT2D eigenvalue weighted by molar-refractivity contribution is -0.137. The molecule has 2 aromatic heterocycles. The summed E-state index contributed by atoms with van der Waals surface area (Å²) in [5, 5.41) is 2.45.